The maximum absolute atomic E-state index is 8.94. The van der Waals surface area contributed by atoms with Gasteiger partial charge in [0.15, 0.2) is 0 Å². The van der Waals surface area contributed by atoms with Gasteiger partial charge >= 0.3 is 0 Å². The third-order valence-electron chi connectivity index (χ3n) is 2.22. The molecular weight excluding hydrogens is 184 g/mol. The zero-order valence-corrected chi connectivity index (χ0v) is 9.25. The maximum Gasteiger partial charge on any atom is 0.101 e. The van der Waals surface area contributed by atoms with Crippen molar-refractivity contribution in [1.82, 2.24) is 0 Å². The molecule has 0 fully saturated rings. The number of rotatable bonds is 4. The van der Waals surface area contributed by atoms with Gasteiger partial charge in [-0.1, -0.05) is 12.1 Å². The Morgan fingerprint density at radius 2 is 2.33 bits per heavy atom. The smallest absolute Gasteiger partial charge is 0.101 e. The van der Waals surface area contributed by atoms with Crippen molar-refractivity contribution in [3.63, 3.8) is 0 Å². The van der Waals surface area contributed by atoms with Crippen molar-refractivity contribution in [2.75, 3.05) is 5.32 Å². The Kier molecular flexibility index (Phi) is 3.93. The summed E-state index contributed by atoms with van der Waals surface area (Å²) in [6.07, 6.45) is 2.76. The zero-order valence-electron chi connectivity index (χ0n) is 9.25. The summed E-state index contributed by atoms with van der Waals surface area (Å²) < 4.78 is 0. The summed E-state index contributed by atoms with van der Waals surface area (Å²) in [5, 5.41) is 12.3. The normalized spacial score (nSPS) is 11.5. The van der Waals surface area contributed by atoms with Crippen LogP contribution in [0.1, 0.15) is 24.5 Å². The molecule has 0 saturated carbocycles. The SMILES string of the molecule is C=CCC(C)Nc1cc(C)ccc1C#N. The van der Waals surface area contributed by atoms with Crippen molar-refractivity contribution in [3.8, 4) is 6.07 Å². The number of hydrogen-bond acceptors (Lipinski definition) is 2. The van der Waals surface area contributed by atoms with Crippen LogP contribution in [0.25, 0.3) is 0 Å². The summed E-state index contributed by atoms with van der Waals surface area (Å²) in [5.41, 5.74) is 2.76. The summed E-state index contributed by atoms with van der Waals surface area (Å²) >= 11 is 0. The van der Waals surface area contributed by atoms with Gasteiger partial charge in [-0.05, 0) is 38.0 Å². The van der Waals surface area contributed by atoms with Crippen molar-refractivity contribution in [3.05, 3.63) is 42.0 Å². The van der Waals surface area contributed by atoms with Gasteiger partial charge in [0.2, 0.25) is 0 Å². The molecule has 0 aliphatic heterocycles. The van der Waals surface area contributed by atoms with Gasteiger partial charge in [-0.2, -0.15) is 5.26 Å². The first-order valence-corrected chi connectivity index (χ1v) is 5.05. The van der Waals surface area contributed by atoms with Gasteiger partial charge in [-0.15, -0.1) is 6.58 Å². The molecule has 1 unspecified atom stereocenters. The Balaban J connectivity index is 2.88. The van der Waals surface area contributed by atoms with E-state index in [-0.39, 0.29) is 0 Å². The molecule has 1 rings (SSSR count). The minimum atomic E-state index is 0.302. The molecule has 15 heavy (non-hydrogen) atoms. The molecule has 0 aromatic heterocycles. The highest BCUT2D eigenvalue weighted by molar-refractivity contribution is 5.59. The molecule has 0 amide bonds. The van der Waals surface area contributed by atoms with Crippen LogP contribution in [0.15, 0.2) is 30.9 Å². The molecule has 2 nitrogen and oxygen atoms in total. The molecule has 0 spiro atoms. The molecular formula is C13H16N2. The lowest BCUT2D eigenvalue weighted by atomic mass is 10.1. The van der Waals surface area contributed by atoms with Crippen molar-refractivity contribution in [2.24, 2.45) is 0 Å². The summed E-state index contributed by atoms with van der Waals surface area (Å²) in [6, 6.07) is 8.27. The molecule has 0 aliphatic carbocycles. The molecule has 0 bridgehead atoms. The Morgan fingerprint density at radius 3 is 2.93 bits per heavy atom. The van der Waals surface area contributed by atoms with E-state index < -0.39 is 0 Å². The molecule has 78 valence electrons. The van der Waals surface area contributed by atoms with E-state index in [0.717, 1.165) is 17.7 Å². The highest BCUT2D eigenvalue weighted by Crippen LogP contribution is 2.18. The lowest BCUT2D eigenvalue weighted by Gasteiger charge is -2.14. The van der Waals surface area contributed by atoms with Crippen LogP contribution >= 0.6 is 0 Å². The van der Waals surface area contributed by atoms with Crippen LogP contribution in [0, 0.1) is 18.3 Å². The van der Waals surface area contributed by atoms with E-state index in [0.29, 0.717) is 11.6 Å². The Bertz CT molecular complexity index is 388. The highest BCUT2D eigenvalue weighted by Gasteiger charge is 2.04. The molecule has 1 aromatic rings. The summed E-state index contributed by atoms with van der Waals surface area (Å²) in [7, 11) is 0. The third kappa shape index (κ3) is 3.14. The lowest BCUT2D eigenvalue weighted by molar-refractivity contribution is 0.813. The van der Waals surface area contributed by atoms with Crippen LogP contribution in [-0.4, -0.2) is 6.04 Å². The molecule has 1 aromatic carbocycles. The van der Waals surface area contributed by atoms with Crippen LogP contribution in [0.5, 0.6) is 0 Å². The van der Waals surface area contributed by atoms with Crippen molar-refractivity contribution in [2.45, 2.75) is 26.3 Å². The first-order valence-electron chi connectivity index (χ1n) is 5.05. The van der Waals surface area contributed by atoms with Crippen LogP contribution in [0.2, 0.25) is 0 Å². The van der Waals surface area contributed by atoms with Crippen LogP contribution in [-0.2, 0) is 0 Å². The first kappa shape index (κ1) is 11.3. The van der Waals surface area contributed by atoms with E-state index in [1.807, 2.05) is 31.2 Å². The van der Waals surface area contributed by atoms with E-state index in [9.17, 15) is 0 Å². The van der Waals surface area contributed by atoms with Gasteiger partial charge in [-0.3, -0.25) is 0 Å². The van der Waals surface area contributed by atoms with Gasteiger partial charge in [-0.25, -0.2) is 0 Å². The Labute approximate surface area is 91.2 Å². The Hall–Kier alpha value is -1.75. The Morgan fingerprint density at radius 1 is 1.60 bits per heavy atom. The number of hydrogen-bond donors (Lipinski definition) is 1. The average Bonchev–Trinajstić information content (AvgIpc) is 2.18. The molecule has 1 atom stereocenters. The molecule has 0 aliphatic rings. The van der Waals surface area contributed by atoms with Crippen LogP contribution in [0.3, 0.4) is 0 Å². The quantitative estimate of drug-likeness (QED) is 0.757. The minimum Gasteiger partial charge on any atom is -0.381 e. The molecule has 0 saturated heterocycles. The fourth-order valence-corrected chi connectivity index (χ4v) is 1.45. The topological polar surface area (TPSA) is 35.8 Å². The van der Waals surface area contributed by atoms with Crippen LogP contribution in [0.4, 0.5) is 5.69 Å². The van der Waals surface area contributed by atoms with Crippen molar-refractivity contribution < 1.29 is 0 Å². The summed E-state index contributed by atoms with van der Waals surface area (Å²) in [4.78, 5) is 0. The standard InChI is InChI=1S/C13H16N2/c1-4-5-11(3)15-13-8-10(2)6-7-12(13)9-14/h4,6-8,11,15H,1,5H2,2-3H3. The molecule has 2 heteroatoms. The summed E-state index contributed by atoms with van der Waals surface area (Å²) in [6.45, 7) is 7.79. The second kappa shape index (κ2) is 5.21. The van der Waals surface area contributed by atoms with E-state index in [4.69, 9.17) is 5.26 Å². The predicted octanol–water partition coefficient (Wildman–Crippen LogP) is 3.24. The molecule has 0 heterocycles. The number of nitrogens with zero attached hydrogens (tertiary/aromatic N) is 1. The van der Waals surface area contributed by atoms with E-state index in [1.165, 1.54) is 0 Å². The van der Waals surface area contributed by atoms with Gasteiger partial charge < -0.3 is 5.32 Å². The average molecular weight is 200 g/mol. The van der Waals surface area contributed by atoms with Crippen molar-refractivity contribution >= 4 is 5.69 Å². The maximum atomic E-state index is 8.94. The predicted molar refractivity (Wildman–Crippen MR) is 63.8 cm³/mol. The first-order chi connectivity index (χ1) is 7.17. The largest absolute Gasteiger partial charge is 0.381 e. The number of anilines is 1. The van der Waals surface area contributed by atoms with E-state index in [2.05, 4.69) is 24.9 Å². The number of aryl methyl sites for hydroxylation is 1. The highest BCUT2D eigenvalue weighted by atomic mass is 14.9. The number of nitriles is 1. The molecule has 0 radical (unpaired) electrons. The summed E-state index contributed by atoms with van der Waals surface area (Å²) in [5.74, 6) is 0. The van der Waals surface area contributed by atoms with Gasteiger partial charge in [0, 0.05) is 6.04 Å². The van der Waals surface area contributed by atoms with E-state index >= 15 is 0 Å². The number of nitrogens with one attached hydrogen (secondary N) is 1. The number of benzene rings is 1. The zero-order chi connectivity index (χ0) is 11.3. The van der Waals surface area contributed by atoms with E-state index in [1.54, 1.807) is 0 Å². The van der Waals surface area contributed by atoms with Crippen molar-refractivity contribution in [1.29, 1.82) is 5.26 Å². The minimum absolute atomic E-state index is 0.302. The van der Waals surface area contributed by atoms with Gasteiger partial charge in [0.25, 0.3) is 0 Å². The van der Waals surface area contributed by atoms with Gasteiger partial charge in [0.05, 0.1) is 11.3 Å². The lowest BCUT2D eigenvalue weighted by Crippen LogP contribution is -2.14. The van der Waals surface area contributed by atoms with Gasteiger partial charge in [0.1, 0.15) is 6.07 Å². The second-order valence-electron chi connectivity index (χ2n) is 3.73. The fourth-order valence-electron chi connectivity index (χ4n) is 1.45. The fraction of sp³-hybridized carbons (Fsp3) is 0.308. The van der Waals surface area contributed by atoms with Crippen LogP contribution < -0.4 is 5.32 Å². The second-order valence-corrected chi connectivity index (χ2v) is 3.73. The molecule has 1 N–H and O–H groups in total. The monoisotopic (exact) mass is 200 g/mol. The third-order valence-corrected chi connectivity index (χ3v) is 2.22.